The molecule has 3 aromatic rings. The number of methoxy groups -OCH3 is 2. The van der Waals surface area contributed by atoms with Crippen molar-refractivity contribution in [3.63, 3.8) is 0 Å². The zero-order chi connectivity index (χ0) is 22.1. The molecule has 0 aliphatic rings. The fourth-order valence-corrected chi connectivity index (χ4v) is 3.80. The van der Waals surface area contributed by atoms with Crippen LogP contribution in [0.15, 0.2) is 66.9 Å². The normalized spacial score (nSPS) is 11.1. The van der Waals surface area contributed by atoms with Crippen LogP contribution in [0.4, 0.5) is 0 Å². The van der Waals surface area contributed by atoms with E-state index in [1.807, 2.05) is 12.1 Å². The maximum Gasteiger partial charge on any atom is 0.337 e. The maximum atomic E-state index is 11.9. The van der Waals surface area contributed by atoms with Crippen LogP contribution in [0.25, 0.3) is 0 Å². The van der Waals surface area contributed by atoms with Crippen molar-refractivity contribution in [3.05, 3.63) is 94.8 Å². The van der Waals surface area contributed by atoms with Gasteiger partial charge in [0.1, 0.15) is 0 Å². The highest BCUT2D eigenvalue weighted by Gasteiger charge is 2.12. The lowest BCUT2D eigenvalue weighted by Crippen LogP contribution is -2.26. The number of ether oxygens (including phenoxy) is 2. The first-order chi connectivity index (χ1) is 15.1. The Morgan fingerprint density at radius 1 is 0.968 bits per heavy atom. The second kappa shape index (κ2) is 11.5. The molecule has 0 atom stereocenters. The second-order valence-corrected chi connectivity index (χ2v) is 7.87. The van der Waals surface area contributed by atoms with E-state index in [0.717, 1.165) is 44.8 Å². The van der Waals surface area contributed by atoms with Crippen LogP contribution in [0, 0.1) is 6.92 Å². The van der Waals surface area contributed by atoms with Gasteiger partial charge in [0.2, 0.25) is 0 Å². The van der Waals surface area contributed by atoms with Crippen molar-refractivity contribution in [2.24, 2.45) is 0 Å². The second-order valence-electron chi connectivity index (χ2n) is 7.87. The minimum absolute atomic E-state index is 0.306. The highest BCUT2D eigenvalue weighted by Crippen LogP contribution is 2.15. The molecule has 3 rings (SSSR count). The summed E-state index contributed by atoms with van der Waals surface area (Å²) in [5.41, 5.74) is 5.52. The summed E-state index contributed by atoms with van der Waals surface area (Å²) < 4.78 is 12.4. The largest absolute Gasteiger partial charge is 0.465 e. The molecule has 5 heteroatoms. The predicted molar refractivity (Wildman–Crippen MR) is 123 cm³/mol. The molecule has 1 aromatic heterocycles. The molecule has 0 saturated heterocycles. The van der Waals surface area contributed by atoms with Crippen LogP contribution in [0.3, 0.4) is 0 Å². The van der Waals surface area contributed by atoms with Gasteiger partial charge in [-0.2, -0.15) is 0 Å². The number of carbonyl (C=O) groups excluding carboxylic acids is 1. The molecule has 0 bridgehead atoms. The number of esters is 1. The van der Waals surface area contributed by atoms with Crippen molar-refractivity contribution >= 4 is 5.97 Å². The smallest absolute Gasteiger partial charge is 0.337 e. The Kier molecular flexibility index (Phi) is 8.44. The summed E-state index contributed by atoms with van der Waals surface area (Å²) in [6, 6.07) is 20.6. The first-order valence-corrected chi connectivity index (χ1v) is 10.7. The first kappa shape index (κ1) is 22.8. The standard InChI is InChI=1S/C26H32N2O3/c1-21-8-4-9-22(16-21)19-28-14-6-12-25(28)20-27(13-7-15-30-2)18-23-10-5-11-24(17-23)26(29)31-3/h4-6,8-12,14,16-17H,7,13,15,18-20H2,1-3H3. The summed E-state index contributed by atoms with van der Waals surface area (Å²) >= 11 is 0. The Morgan fingerprint density at radius 2 is 1.77 bits per heavy atom. The Morgan fingerprint density at radius 3 is 2.55 bits per heavy atom. The number of benzene rings is 2. The van der Waals surface area contributed by atoms with Crippen LogP contribution in [0.1, 0.15) is 39.2 Å². The van der Waals surface area contributed by atoms with Gasteiger partial charge in [0.25, 0.3) is 0 Å². The molecular weight excluding hydrogens is 388 g/mol. The molecule has 31 heavy (non-hydrogen) atoms. The molecule has 5 nitrogen and oxygen atoms in total. The third-order valence-electron chi connectivity index (χ3n) is 5.32. The Balaban J connectivity index is 1.74. The van der Waals surface area contributed by atoms with E-state index >= 15 is 0 Å². The van der Waals surface area contributed by atoms with Gasteiger partial charge in [-0.1, -0.05) is 42.0 Å². The first-order valence-electron chi connectivity index (χ1n) is 10.7. The highest BCUT2D eigenvalue weighted by atomic mass is 16.5. The van der Waals surface area contributed by atoms with Crippen LogP contribution >= 0.6 is 0 Å². The van der Waals surface area contributed by atoms with Crippen LogP contribution in [0.5, 0.6) is 0 Å². The Bertz CT molecular complexity index is 980. The zero-order valence-corrected chi connectivity index (χ0v) is 18.7. The molecule has 2 aromatic carbocycles. The average molecular weight is 421 g/mol. The van der Waals surface area contributed by atoms with Crippen LogP contribution < -0.4 is 0 Å². The van der Waals surface area contributed by atoms with E-state index in [4.69, 9.17) is 9.47 Å². The van der Waals surface area contributed by atoms with Gasteiger partial charge in [0.15, 0.2) is 0 Å². The van der Waals surface area contributed by atoms with Crippen molar-refractivity contribution in [2.45, 2.75) is 33.0 Å². The van der Waals surface area contributed by atoms with Gasteiger partial charge in [0.05, 0.1) is 12.7 Å². The van der Waals surface area contributed by atoms with E-state index in [1.54, 1.807) is 13.2 Å². The molecule has 0 amide bonds. The van der Waals surface area contributed by atoms with Gasteiger partial charge in [-0.15, -0.1) is 0 Å². The Labute approximate surface area is 185 Å². The topological polar surface area (TPSA) is 43.7 Å². The fourth-order valence-electron chi connectivity index (χ4n) is 3.80. The van der Waals surface area contributed by atoms with E-state index in [9.17, 15) is 4.79 Å². The molecule has 0 fully saturated rings. The summed E-state index contributed by atoms with van der Waals surface area (Å²) in [6.45, 7) is 6.19. The molecule has 0 spiro atoms. The van der Waals surface area contributed by atoms with E-state index in [2.05, 4.69) is 65.1 Å². The molecule has 164 valence electrons. The predicted octanol–water partition coefficient (Wildman–Crippen LogP) is 4.67. The molecular formula is C26H32N2O3. The van der Waals surface area contributed by atoms with Gasteiger partial charge < -0.3 is 14.0 Å². The summed E-state index contributed by atoms with van der Waals surface area (Å²) in [5.74, 6) is -0.306. The number of aryl methyl sites for hydroxylation is 1. The van der Waals surface area contributed by atoms with Gasteiger partial charge in [-0.25, -0.2) is 4.79 Å². The zero-order valence-electron chi connectivity index (χ0n) is 18.7. The number of hydrogen-bond acceptors (Lipinski definition) is 4. The molecule has 0 aliphatic carbocycles. The molecule has 0 unspecified atom stereocenters. The SMILES string of the molecule is COCCCN(Cc1cccc(C(=O)OC)c1)Cc1cccn1Cc1cccc(C)c1. The Hall–Kier alpha value is -2.89. The average Bonchev–Trinajstić information content (AvgIpc) is 3.20. The fraction of sp³-hybridized carbons (Fsp3) is 0.346. The molecule has 0 N–H and O–H groups in total. The van der Waals surface area contributed by atoms with Gasteiger partial charge in [0, 0.05) is 51.8 Å². The van der Waals surface area contributed by atoms with Crippen molar-refractivity contribution in [1.29, 1.82) is 0 Å². The van der Waals surface area contributed by atoms with E-state index in [0.29, 0.717) is 5.56 Å². The number of carbonyl (C=O) groups is 1. The van der Waals surface area contributed by atoms with Gasteiger partial charge in [-0.3, -0.25) is 4.90 Å². The molecule has 1 heterocycles. The maximum absolute atomic E-state index is 11.9. The van der Waals surface area contributed by atoms with Gasteiger partial charge in [-0.05, 0) is 48.7 Å². The molecule has 0 aliphatic heterocycles. The highest BCUT2D eigenvalue weighted by molar-refractivity contribution is 5.89. The quantitative estimate of drug-likeness (QED) is 0.334. The summed E-state index contributed by atoms with van der Waals surface area (Å²) in [7, 11) is 3.14. The van der Waals surface area contributed by atoms with Crippen LogP contribution in [-0.2, 0) is 29.1 Å². The van der Waals surface area contributed by atoms with Crippen LogP contribution in [0.2, 0.25) is 0 Å². The van der Waals surface area contributed by atoms with Crippen molar-refractivity contribution < 1.29 is 14.3 Å². The van der Waals surface area contributed by atoms with E-state index in [1.165, 1.54) is 23.9 Å². The van der Waals surface area contributed by atoms with Crippen molar-refractivity contribution in [3.8, 4) is 0 Å². The lowest BCUT2D eigenvalue weighted by atomic mass is 10.1. The lowest BCUT2D eigenvalue weighted by Gasteiger charge is -2.23. The number of nitrogens with zero attached hydrogens (tertiary/aromatic N) is 2. The monoisotopic (exact) mass is 420 g/mol. The van der Waals surface area contributed by atoms with E-state index < -0.39 is 0 Å². The molecule has 0 saturated carbocycles. The van der Waals surface area contributed by atoms with Crippen molar-refractivity contribution in [1.82, 2.24) is 9.47 Å². The van der Waals surface area contributed by atoms with E-state index in [-0.39, 0.29) is 5.97 Å². The number of aromatic nitrogens is 1. The third kappa shape index (κ3) is 6.81. The minimum Gasteiger partial charge on any atom is -0.465 e. The summed E-state index contributed by atoms with van der Waals surface area (Å²) in [5, 5.41) is 0. The van der Waals surface area contributed by atoms with Crippen LogP contribution in [-0.4, -0.2) is 42.8 Å². The van der Waals surface area contributed by atoms with Crippen molar-refractivity contribution in [2.75, 3.05) is 27.4 Å². The molecule has 0 radical (unpaired) electrons. The van der Waals surface area contributed by atoms with Gasteiger partial charge >= 0.3 is 5.97 Å². The minimum atomic E-state index is -0.306. The number of rotatable bonds is 11. The lowest BCUT2D eigenvalue weighted by molar-refractivity contribution is 0.0600. The third-order valence-corrected chi connectivity index (χ3v) is 5.32. The summed E-state index contributed by atoms with van der Waals surface area (Å²) in [6.07, 6.45) is 3.09. The summed E-state index contributed by atoms with van der Waals surface area (Å²) in [4.78, 5) is 14.3. The number of hydrogen-bond donors (Lipinski definition) is 0.